The monoisotopic (exact) mass is 265 g/mol. The van der Waals surface area contributed by atoms with Gasteiger partial charge in [-0.05, 0) is 36.9 Å². The predicted molar refractivity (Wildman–Crippen MR) is 71.7 cm³/mol. The molecule has 1 aliphatic rings. The molecule has 0 saturated heterocycles. The van der Waals surface area contributed by atoms with Gasteiger partial charge in [-0.2, -0.15) is 0 Å². The molecule has 3 rings (SSSR count). The van der Waals surface area contributed by atoms with Gasteiger partial charge in [-0.25, -0.2) is 0 Å². The molecule has 1 heterocycles. The van der Waals surface area contributed by atoms with Gasteiger partial charge in [0.2, 0.25) is 0 Å². The number of nitrogens with one attached hydrogen (secondary N) is 1. The Labute approximate surface area is 111 Å². The van der Waals surface area contributed by atoms with Gasteiger partial charge in [0.25, 0.3) is 0 Å². The van der Waals surface area contributed by atoms with Gasteiger partial charge in [0, 0.05) is 23.0 Å². The topological polar surface area (TPSA) is 45.4 Å². The van der Waals surface area contributed by atoms with Crippen LogP contribution in [0.5, 0.6) is 0 Å². The summed E-state index contributed by atoms with van der Waals surface area (Å²) in [5.41, 5.74) is 1.68. The van der Waals surface area contributed by atoms with Crippen LogP contribution in [-0.2, 0) is 6.54 Å². The minimum atomic E-state index is -0.109. The van der Waals surface area contributed by atoms with E-state index in [4.69, 9.17) is 16.0 Å². The first-order valence-corrected chi connectivity index (χ1v) is 6.64. The first kappa shape index (κ1) is 12.0. The number of hydrogen-bond acceptors (Lipinski definition) is 3. The van der Waals surface area contributed by atoms with Crippen LogP contribution >= 0.6 is 11.6 Å². The smallest absolute Gasteiger partial charge is 0.199 e. The second-order valence-electron chi connectivity index (χ2n) is 5.00. The Balaban J connectivity index is 1.84. The second kappa shape index (κ2) is 4.57. The van der Waals surface area contributed by atoms with E-state index in [1.807, 2.05) is 24.3 Å². The van der Waals surface area contributed by atoms with E-state index >= 15 is 0 Å². The van der Waals surface area contributed by atoms with Crippen LogP contribution < -0.4 is 5.32 Å². The highest BCUT2D eigenvalue weighted by molar-refractivity contribution is 6.30. The van der Waals surface area contributed by atoms with Crippen molar-refractivity contribution < 1.29 is 9.52 Å². The maximum absolute atomic E-state index is 9.43. The largest absolute Gasteiger partial charge is 0.444 e. The Morgan fingerprint density at radius 1 is 1.33 bits per heavy atom. The van der Waals surface area contributed by atoms with E-state index in [1.165, 1.54) is 6.42 Å². The SMILES string of the molecule is OCC1(NCc2c(Cl)oc3ccccc23)CCC1. The van der Waals surface area contributed by atoms with Crippen molar-refractivity contribution in [2.24, 2.45) is 0 Å². The lowest BCUT2D eigenvalue weighted by atomic mass is 9.77. The van der Waals surface area contributed by atoms with E-state index < -0.39 is 0 Å². The molecule has 0 radical (unpaired) electrons. The minimum Gasteiger partial charge on any atom is -0.444 e. The zero-order chi connectivity index (χ0) is 12.6. The Morgan fingerprint density at radius 2 is 2.11 bits per heavy atom. The van der Waals surface area contributed by atoms with Crippen LogP contribution in [0, 0.1) is 0 Å². The third-order valence-electron chi connectivity index (χ3n) is 3.90. The molecule has 0 unspecified atom stereocenters. The zero-order valence-corrected chi connectivity index (χ0v) is 10.8. The van der Waals surface area contributed by atoms with Crippen molar-refractivity contribution in [2.75, 3.05) is 6.61 Å². The third kappa shape index (κ3) is 1.92. The van der Waals surface area contributed by atoms with E-state index in [0.29, 0.717) is 11.8 Å². The fraction of sp³-hybridized carbons (Fsp3) is 0.429. The maximum atomic E-state index is 9.43. The van der Waals surface area contributed by atoms with Crippen LogP contribution in [0.1, 0.15) is 24.8 Å². The Morgan fingerprint density at radius 3 is 2.78 bits per heavy atom. The van der Waals surface area contributed by atoms with E-state index in [0.717, 1.165) is 29.4 Å². The van der Waals surface area contributed by atoms with Crippen molar-refractivity contribution in [1.82, 2.24) is 5.32 Å². The molecule has 4 heteroatoms. The number of aliphatic hydroxyl groups is 1. The van der Waals surface area contributed by atoms with Gasteiger partial charge in [0.15, 0.2) is 5.22 Å². The molecule has 0 aliphatic heterocycles. The molecular formula is C14H16ClNO2. The number of aliphatic hydroxyl groups excluding tert-OH is 1. The van der Waals surface area contributed by atoms with Crippen LogP contribution in [0.4, 0.5) is 0 Å². The molecule has 18 heavy (non-hydrogen) atoms. The molecule has 2 N–H and O–H groups in total. The summed E-state index contributed by atoms with van der Waals surface area (Å²) in [6.45, 7) is 0.816. The molecule has 96 valence electrons. The summed E-state index contributed by atoms with van der Waals surface area (Å²) in [5, 5.41) is 14.3. The van der Waals surface area contributed by atoms with Gasteiger partial charge in [-0.15, -0.1) is 0 Å². The molecule has 2 aromatic rings. The van der Waals surface area contributed by atoms with Crippen LogP contribution in [-0.4, -0.2) is 17.3 Å². The summed E-state index contributed by atoms with van der Waals surface area (Å²) in [6.07, 6.45) is 3.22. The maximum Gasteiger partial charge on any atom is 0.199 e. The second-order valence-corrected chi connectivity index (χ2v) is 5.34. The lowest BCUT2D eigenvalue weighted by Gasteiger charge is -2.41. The average Bonchev–Trinajstić information content (AvgIpc) is 2.65. The number of furan rings is 1. The molecule has 1 fully saturated rings. The normalized spacial score (nSPS) is 17.9. The number of halogens is 1. The third-order valence-corrected chi connectivity index (χ3v) is 4.21. The number of para-hydroxylation sites is 1. The number of hydrogen-bond donors (Lipinski definition) is 2. The van der Waals surface area contributed by atoms with Crippen molar-refractivity contribution >= 4 is 22.6 Å². The molecular weight excluding hydrogens is 250 g/mol. The quantitative estimate of drug-likeness (QED) is 0.893. The summed E-state index contributed by atoms with van der Waals surface area (Å²) in [4.78, 5) is 0. The van der Waals surface area contributed by atoms with Gasteiger partial charge in [0.1, 0.15) is 5.58 Å². The van der Waals surface area contributed by atoms with Crippen molar-refractivity contribution in [1.29, 1.82) is 0 Å². The molecule has 0 amide bonds. The van der Waals surface area contributed by atoms with Gasteiger partial charge < -0.3 is 14.8 Å². The first-order chi connectivity index (χ1) is 8.74. The van der Waals surface area contributed by atoms with E-state index in [1.54, 1.807) is 0 Å². The predicted octanol–water partition coefficient (Wildman–Crippen LogP) is 3.09. The Bertz CT molecular complexity index is 554. The van der Waals surface area contributed by atoms with Crippen molar-refractivity contribution in [3.05, 3.63) is 35.0 Å². The summed E-state index contributed by atoms with van der Waals surface area (Å²) >= 11 is 6.13. The van der Waals surface area contributed by atoms with E-state index in [2.05, 4.69) is 5.32 Å². The lowest BCUT2D eigenvalue weighted by molar-refractivity contribution is 0.0872. The van der Waals surface area contributed by atoms with Crippen molar-refractivity contribution in [3.8, 4) is 0 Å². The fourth-order valence-electron chi connectivity index (χ4n) is 2.50. The van der Waals surface area contributed by atoms with Gasteiger partial charge in [-0.1, -0.05) is 18.2 Å². The molecule has 1 aromatic carbocycles. The number of rotatable bonds is 4. The first-order valence-electron chi connectivity index (χ1n) is 6.26. The Kier molecular flexibility index (Phi) is 3.06. The minimum absolute atomic E-state index is 0.109. The van der Waals surface area contributed by atoms with Crippen LogP contribution in [0.15, 0.2) is 28.7 Å². The van der Waals surface area contributed by atoms with Gasteiger partial charge >= 0.3 is 0 Å². The zero-order valence-electron chi connectivity index (χ0n) is 10.1. The molecule has 0 bridgehead atoms. The van der Waals surface area contributed by atoms with Gasteiger partial charge in [-0.3, -0.25) is 0 Å². The average molecular weight is 266 g/mol. The van der Waals surface area contributed by atoms with Crippen molar-refractivity contribution in [3.63, 3.8) is 0 Å². The highest BCUT2D eigenvalue weighted by Gasteiger charge is 2.35. The number of fused-ring (bicyclic) bond motifs is 1. The Hall–Kier alpha value is -1.03. The molecule has 0 atom stereocenters. The van der Waals surface area contributed by atoms with E-state index in [-0.39, 0.29) is 12.1 Å². The summed E-state index contributed by atoms with van der Waals surface area (Å²) in [5.74, 6) is 0. The number of benzene rings is 1. The summed E-state index contributed by atoms with van der Waals surface area (Å²) < 4.78 is 5.51. The molecule has 1 aliphatic carbocycles. The van der Waals surface area contributed by atoms with Crippen LogP contribution in [0.2, 0.25) is 5.22 Å². The molecule has 0 spiro atoms. The molecule has 3 nitrogen and oxygen atoms in total. The van der Waals surface area contributed by atoms with E-state index in [9.17, 15) is 5.11 Å². The van der Waals surface area contributed by atoms with Crippen LogP contribution in [0.3, 0.4) is 0 Å². The van der Waals surface area contributed by atoms with Crippen molar-refractivity contribution in [2.45, 2.75) is 31.3 Å². The summed E-state index contributed by atoms with van der Waals surface area (Å²) in [7, 11) is 0. The fourth-order valence-corrected chi connectivity index (χ4v) is 2.76. The highest BCUT2D eigenvalue weighted by Crippen LogP contribution is 2.34. The molecule has 1 aromatic heterocycles. The lowest BCUT2D eigenvalue weighted by Crippen LogP contribution is -2.53. The standard InChI is InChI=1S/C14H16ClNO2/c15-13-11(8-16-14(9-17)6-3-7-14)10-4-1-2-5-12(10)18-13/h1-2,4-5,16-17H,3,6-9H2. The molecule has 1 saturated carbocycles. The summed E-state index contributed by atoms with van der Waals surface area (Å²) in [6, 6.07) is 7.83. The van der Waals surface area contributed by atoms with Crippen LogP contribution in [0.25, 0.3) is 11.0 Å². The highest BCUT2D eigenvalue weighted by atomic mass is 35.5. The van der Waals surface area contributed by atoms with Gasteiger partial charge in [0.05, 0.1) is 6.61 Å².